The van der Waals surface area contributed by atoms with Gasteiger partial charge in [0.15, 0.2) is 0 Å². The highest BCUT2D eigenvalue weighted by molar-refractivity contribution is 5.80. The molecule has 0 aromatic carbocycles. The number of ether oxygens (including phenoxy) is 2. The van der Waals surface area contributed by atoms with Crippen LogP contribution in [0, 0.1) is 10.8 Å². The van der Waals surface area contributed by atoms with Crippen LogP contribution in [-0.2, 0) is 19.1 Å². The minimum atomic E-state index is -0.724. The molecular formula is C20H39NO4. The van der Waals surface area contributed by atoms with Crippen molar-refractivity contribution in [3.63, 3.8) is 0 Å². The van der Waals surface area contributed by atoms with Crippen molar-refractivity contribution in [2.24, 2.45) is 10.8 Å². The first-order valence-electron chi connectivity index (χ1n) is 9.58. The zero-order valence-corrected chi connectivity index (χ0v) is 17.4. The van der Waals surface area contributed by atoms with Crippen molar-refractivity contribution < 1.29 is 19.1 Å². The van der Waals surface area contributed by atoms with Crippen LogP contribution in [0.2, 0.25) is 0 Å². The van der Waals surface area contributed by atoms with E-state index >= 15 is 0 Å². The van der Waals surface area contributed by atoms with Crippen molar-refractivity contribution in [2.45, 2.75) is 73.1 Å². The van der Waals surface area contributed by atoms with Crippen molar-refractivity contribution in [1.82, 2.24) is 4.90 Å². The fraction of sp³-hybridized carbons (Fsp3) is 0.900. The van der Waals surface area contributed by atoms with Crippen molar-refractivity contribution in [1.29, 1.82) is 0 Å². The van der Waals surface area contributed by atoms with Crippen LogP contribution in [0.3, 0.4) is 0 Å². The highest BCUT2D eigenvalue weighted by Gasteiger charge is 2.42. The lowest BCUT2D eigenvalue weighted by Gasteiger charge is -2.33. The number of hydrogen-bond acceptors (Lipinski definition) is 5. The van der Waals surface area contributed by atoms with Crippen molar-refractivity contribution in [2.75, 3.05) is 33.9 Å². The van der Waals surface area contributed by atoms with Gasteiger partial charge in [0.05, 0.1) is 17.4 Å². The van der Waals surface area contributed by atoms with Gasteiger partial charge in [0.1, 0.15) is 6.61 Å². The third-order valence-corrected chi connectivity index (χ3v) is 4.66. The van der Waals surface area contributed by atoms with Gasteiger partial charge in [0.25, 0.3) is 0 Å². The molecule has 0 aromatic heterocycles. The van der Waals surface area contributed by atoms with E-state index in [0.717, 1.165) is 25.7 Å². The van der Waals surface area contributed by atoms with E-state index in [4.69, 9.17) is 9.47 Å². The van der Waals surface area contributed by atoms with Crippen LogP contribution in [0.25, 0.3) is 0 Å². The maximum atomic E-state index is 12.6. The van der Waals surface area contributed by atoms with E-state index in [2.05, 4.69) is 6.92 Å². The third-order valence-electron chi connectivity index (χ3n) is 4.66. The highest BCUT2D eigenvalue weighted by Crippen LogP contribution is 2.38. The second-order valence-corrected chi connectivity index (χ2v) is 8.11. The summed E-state index contributed by atoms with van der Waals surface area (Å²) in [6.07, 6.45) is 5.35. The lowest BCUT2D eigenvalue weighted by Crippen LogP contribution is -2.39. The van der Waals surface area contributed by atoms with Gasteiger partial charge in [-0.05, 0) is 54.1 Å². The van der Waals surface area contributed by atoms with Crippen LogP contribution < -0.4 is 0 Å². The zero-order valence-electron chi connectivity index (χ0n) is 17.4. The second-order valence-electron chi connectivity index (χ2n) is 8.11. The minimum Gasteiger partial charge on any atom is -0.465 e. The Morgan fingerprint density at radius 3 is 2.00 bits per heavy atom. The van der Waals surface area contributed by atoms with Gasteiger partial charge in [0.2, 0.25) is 0 Å². The molecule has 1 atom stereocenters. The van der Waals surface area contributed by atoms with Gasteiger partial charge < -0.3 is 14.4 Å². The van der Waals surface area contributed by atoms with E-state index in [-0.39, 0.29) is 11.9 Å². The van der Waals surface area contributed by atoms with E-state index in [1.54, 1.807) is 0 Å². The normalized spacial score (nSPS) is 14.2. The van der Waals surface area contributed by atoms with Crippen LogP contribution in [0.1, 0.15) is 73.1 Å². The molecule has 1 unspecified atom stereocenters. The van der Waals surface area contributed by atoms with Gasteiger partial charge in [-0.15, -0.1) is 0 Å². The molecule has 25 heavy (non-hydrogen) atoms. The Hall–Kier alpha value is -1.10. The first kappa shape index (κ1) is 23.9. The Labute approximate surface area is 154 Å². The Bertz CT molecular complexity index is 407. The molecule has 0 N–H and O–H groups in total. The van der Waals surface area contributed by atoms with Gasteiger partial charge in [-0.2, -0.15) is 0 Å². The Balaban J connectivity index is 4.61. The summed E-state index contributed by atoms with van der Waals surface area (Å²) in [7, 11) is 3.87. The molecule has 5 nitrogen and oxygen atoms in total. The highest BCUT2D eigenvalue weighted by atomic mass is 16.5. The molecule has 0 aromatic rings. The number of rotatable bonds is 13. The maximum Gasteiger partial charge on any atom is 0.311 e. The van der Waals surface area contributed by atoms with Crippen molar-refractivity contribution >= 4 is 11.9 Å². The maximum absolute atomic E-state index is 12.6. The monoisotopic (exact) mass is 357 g/mol. The first-order chi connectivity index (χ1) is 11.6. The molecule has 0 saturated carbocycles. The number of esters is 2. The second kappa shape index (κ2) is 11.5. The Morgan fingerprint density at radius 2 is 1.48 bits per heavy atom. The molecule has 0 bridgehead atoms. The summed E-state index contributed by atoms with van der Waals surface area (Å²) in [4.78, 5) is 26.9. The lowest BCUT2D eigenvalue weighted by atomic mass is 9.72. The van der Waals surface area contributed by atoms with Gasteiger partial charge in [-0.1, -0.05) is 33.1 Å². The standard InChI is InChI=1S/C20H39NO4/c1-8-10-11-12-14-24-18(23)20(5,9-2)16-19(3,4)17(22)25-15-13-21(6)7/h8-16H2,1-7H3. The molecule has 0 rings (SSSR count). The quantitative estimate of drug-likeness (QED) is 0.368. The average molecular weight is 358 g/mol. The molecule has 0 amide bonds. The summed E-state index contributed by atoms with van der Waals surface area (Å²) >= 11 is 0. The molecule has 0 saturated heterocycles. The number of carbonyl (C=O) groups is 2. The van der Waals surface area contributed by atoms with Gasteiger partial charge in [-0.25, -0.2) is 0 Å². The SMILES string of the molecule is CCCCCCOC(=O)C(C)(CC)CC(C)(C)C(=O)OCCN(C)C. The third kappa shape index (κ3) is 9.24. The molecule has 148 valence electrons. The molecule has 0 radical (unpaired) electrons. The van der Waals surface area contributed by atoms with E-state index in [9.17, 15) is 9.59 Å². The minimum absolute atomic E-state index is 0.208. The van der Waals surface area contributed by atoms with Gasteiger partial charge >= 0.3 is 11.9 Å². The van der Waals surface area contributed by atoms with Crippen LogP contribution in [0.15, 0.2) is 0 Å². The van der Waals surface area contributed by atoms with E-state index in [1.165, 1.54) is 0 Å². The predicted octanol–water partition coefficient (Wildman–Crippen LogP) is 4.05. The fourth-order valence-corrected chi connectivity index (χ4v) is 2.77. The van der Waals surface area contributed by atoms with Gasteiger partial charge in [0, 0.05) is 6.54 Å². The summed E-state index contributed by atoms with van der Waals surface area (Å²) in [5.41, 5.74) is -1.40. The number of unbranched alkanes of at least 4 members (excludes halogenated alkanes) is 3. The van der Waals surface area contributed by atoms with E-state index in [1.807, 2.05) is 46.7 Å². The molecule has 0 aliphatic rings. The van der Waals surface area contributed by atoms with E-state index < -0.39 is 10.8 Å². The molecule has 0 aliphatic carbocycles. The number of nitrogens with zero attached hydrogens (tertiary/aromatic N) is 1. The summed E-state index contributed by atoms with van der Waals surface area (Å²) in [6, 6.07) is 0. The summed E-state index contributed by atoms with van der Waals surface area (Å²) in [6.45, 7) is 11.2. The predicted molar refractivity (Wildman–Crippen MR) is 101 cm³/mol. The topological polar surface area (TPSA) is 55.8 Å². The summed E-state index contributed by atoms with van der Waals surface area (Å²) in [5.74, 6) is -0.467. The molecular weight excluding hydrogens is 318 g/mol. The Kier molecular flexibility index (Phi) is 11.0. The van der Waals surface area contributed by atoms with Crippen LogP contribution >= 0.6 is 0 Å². The smallest absolute Gasteiger partial charge is 0.311 e. The van der Waals surface area contributed by atoms with Crippen molar-refractivity contribution in [3.8, 4) is 0 Å². The number of likely N-dealkylation sites (N-methyl/N-ethyl adjacent to an activating group) is 1. The number of carbonyl (C=O) groups excluding carboxylic acids is 2. The largest absolute Gasteiger partial charge is 0.465 e. The van der Waals surface area contributed by atoms with Crippen LogP contribution in [0.4, 0.5) is 0 Å². The summed E-state index contributed by atoms with van der Waals surface area (Å²) in [5, 5.41) is 0. The van der Waals surface area contributed by atoms with Gasteiger partial charge in [-0.3, -0.25) is 9.59 Å². The fourth-order valence-electron chi connectivity index (χ4n) is 2.77. The van der Waals surface area contributed by atoms with Crippen LogP contribution in [-0.4, -0.2) is 50.7 Å². The summed E-state index contributed by atoms with van der Waals surface area (Å²) < 4.78 is 10.9. The Morgan fingerprint density at radius 1 is 0.880 bits per heavy atom. The van der Waals surface area contributed by atoms with Crippen LogP contribution in [0.5, 0.6) is 0 Å². The number of hydrogen-bond donors (Lipinski definition) is 0. The molecule has 0 heterocycles. The molecule has 0 fully saturated rings. The molecule has 5 heteroatoms. The molecule has 0 aliphatic heterocycles. The van der Waals surface area contributed by atoms with Crippen molar-refractivity contribution in [3.05, 3.63) is 0 Å². The molecule has 0 spiro atoms. The lowest BCUT2D eigenvalue weighted by molar-refractivity contribution is -0.163. The van der Waals surface area contributed by atoms with E-state index in [0.29, 0.717) is 32.6 Å². The zero-order chi connectivity index (χ0) is 19.5. The first-order valence-corrected chi connectivity index (χ1v) is 9.58. The average Bonchev–Trinajstić information content (AvgIpc) is 2.53.